The molecular weight excluding hydrogens is 358 g/mol. The van der Waals surface area contributed by atoms with Crippen LogP contribution in [-0.2, 0) is 20.7 Å². The summed E-state index contributed by atoms with van der Waals surface area (Å²) in [6.45, 7) is 3.53. The van der Waals surface area contributed by atoms with Crippen LogP contribution in [0.3, 0.4) is 0 Å². The monoisotopic (exact) mass is 384 g/mol. The van der Waals surface area contributed by atoms with Crippen LogP contribution in [0.25, 0.3) is 0 Å². The number of carbonyl (C=O) groups is 2. The summed E-state index contributed by atoms with van der Waals surface area (Å²) in [6, 6.07) is 10.7. The zero-order chi connectivity index (χ0) is 19.8. The Morgan fingerprint density at radius 3 is 2.46 bits per heavy atom. The van der Waals surface area contributed by atoms with Crippen molar-refractivity contribution in [3.05, 3.63) is 54.4 Å². The van der Waals surface area contributed by atoms with Gasteiger partial charge in [-0.2, -0.15) is 0 Å². The summed E-state index contributed by atoms with van der Waals surface area (Å²) >= 11 is 0. The second kappa shape index (κ2) is 9.80. The van der Waals surface area contributed by atoms with Crippen molar-refractivity contribution in [1.29, 1.82) is 0 Å². The van der Waals surface area contributed by atoms with Gasteiger partial charge >= 0.3 is 5.97 Å². The predicted molar refractivity (Wildman–Crippen MR) is 104 cm³/mol. The van der Waals surface area contributed by atoms with Gasteiger partial charge in [0.25, 0.3) is 5.91 Å². The van der Waals surface area contributed by atoms with Crippen molar-refractivity contribution in [2.24, 2.45) is 0 Å². The summed E-state index contributed by atoms with van der Waals surface area (Å²) in [5.41, 5.74) is 0.974. The third kappa shape index (κ3) is 5.50. The molecule has 0 radical (unpaired) electrons. The van der Waals surface area contributed by atoms with Gasteiger partial charge in [-0.05, 0) is 11.6 Å². The predicted octanol–water partition coefficient (Wildman–Crippen LogP) is -0.918. The highest BCUT2D eigenvalue weighted by atomic mass is 16.5. The molecule has 2 heterocycles. The van der Waals surface area contributed by atoms with Gasteiger partial charge in [-0.1, -0.05) is 30.3 Å². The highest BCUT2D eigenvalue weighted by Gasteiger charge is 2.27. The van der Waals surface area contributed by atoms with E-state index in [1.165, 1.54) is 12.0 Å². The number of benzene rings is 1. The molecule has 28 heavy (non-hydrogen) atoms. The molecule has 2 N–H and O–H groups in total. The second-order valence-electron chi connectivity index (χ2n) is 6.80. The summed E-state index contributed by atoms with van der Waals surface area (Å²) in [6.07, 6.45) is 3.87. The standard InChI is InChI=1S/C20H25N5O3/c1-28-19(27)17(14-16-6-3-2-4-7-16)23-18(26)15-24-10-12-25(13-11-24)20-21-8-5-9-22-20/h2-9,17H,10-15H2,1H3,(H,23,26)/p+1/t17-/m0/s1. The fourth-order valence-electron chi connectivity index (χ4n) is 3.31. The molecule has 1 fully saturated rings. The van der Waals surface area contributed by atoms with E-state index in [4.69, 9.17) is 4.74 Å². The number of amides is 1. The first-order valence-electron chi connectivity index (χ1n) is 9.42. The highest BCUT2D eigenvalue weighted by Crippen LogP contribution is 2.05. The smallest absolute Gasteiger partial charge is 0.328 e. The van der Waals surface area contributed by atoms with Gasteiger partial charge in [-0.3, -0.25) is 4.79 Å². The van der Waals surface area contributed by atoms with E-state index < -0.39 is 12.0 Å². The van der Waals surface area contributed by atoms with Crippen LogP contribution in [0.15, 0.2) is 48.8 Å². The Morgan fingerprint density at radius 1 is 1.14 bits per heavy atom. The second-order valence-corrected chi connectivity index (χ2v) is 6.80. The number of rotatable bonds is 7. The maximum Gasteiger partial charge on any atom is 0.328 e. The first-order valence-corrected chi connectivity index (χ1v) is 9.42. The minimum absolute atomic E-state index is 0.147. The van der Waals surface area contributed by atoms with Crippen LogP contribution in [0.2, 0.25) is 0 Å². The van der Waals surface area contributed by atoms with Crippen LogP contribution in [0.1, 0.15) is 5.56 Å². The molecule has 3 rings (SSSR count). The number of anilines is 1. The van der Waals surface area contributed by atoms with E-state index in [-0.39, 0.29) is 5.91 Å². The van der Waals surface area contributed by atoms with Gasteiger partial charge in [0.2, 0.25) is 5.95 Å². The van der Waals surface area contributed by atoms with E-state index in [0.29, 0.717) is 13.0 Å². The van der Waals surface area contributed by atoms with Crippen LogP contribution in [0, 0.1) is 0 Å². The fourth-order valence-corrected chi connectivity index (χ4v) is 3.31. The molecule has 0 saturated carbocycles. The molecule has 1 aromatic heterocycles. The van der Waals surface area contributed by atoms with Gasteiger partial charge in [-0.15, -0.1) is 0 Å². The van der Waals surface area contributed by atoms with Crippen molar-refractivity contribution in [2.75, 3.05) is 44.7 Å². The lowest BCUT2D eigenvalue weighted by Crippen LogP contribution is -3.16. The van der Waals surface area contributed by atoms with Crippen molar-refractivity contribution in [1.82, 2.24) is 15.3 Å². The third-order valence-electron chi connectivity index (χ3n) is 4.82. The molecular formula is C20H26N5O3+. The number of quaternary nitrogens is 1. The lowest BCUT2D eigenvalue weighted by molar-refractivity contribution is -0.892. The lowest BCUT2D eigenvalue weighted by atomic mass is 10.1. The molecule has 2 aromatic rings. The molecule has 0 unspecified atom stereocenters. The maximum atomic E-state index is 12.5. The van der Waals surface area contributed by atoms with E-state index in [1.807, 2.05) is 30.3 Å². The summed E-state index contributed by atoms with van der Waals surface area (Å²) in [4.78, 5) is 36.4. The van der Waals surface area contributed by atoms with Crippen LogP contribution in [0.4, 0.5) is 5.95 Å². The van der Waals surface area contributed by atoms with Crippen molar-refractivity contribution in [3.8, 4) is 0 Å². The lowest BCUT2D eigenvalue weighted by Gasteiger charge is -2.32. The Morgan fingerprint density at radius 2 is 1.82 bits per heavy atom. The van der Waals surface area contributed by atoms with Crippen molar-refractivity contribution in [2.45, 2.75) is 12.5 Å². The Kier molecular flexibility index (Phi) is 6.91. The number of esters is 1. The minimum atomic E-state index is -0.682. The average Bonchev–Trinajstić information content (AvgIpc) is 2.74. The van der Waals surface area contributed by atoms with Crippen LogP contribution >= 0.6 is 0 Å². The largest absolute Gasteiger partial charge is 0.467 e. The Hall–Kier alpha value is -3.00. The van der Waals surface area contributed by atoms with Crippen LogP contribution < -0.4 is 15.1 Å². The molecule has 0 bridgehead atoms. The molecule has 8 nitrogen and oxygen atoms in total. The quantitative estimate of drug-likeness (QED) is 0.601. The van der Waals surface area contributed by atoms with E-state index in [2.05, 4.69) is 20.2 Å². The van der Waals surface area contributed by atoms with E-state index >= 15 is 0 Å². The Bertz CT molecular complexity index is 764. The van der Waals surface area contributed by atoms with Crippen LogP contribution in [-0.4, -0.2) is 67.7 Å². The Balaban J connectivity index is 1.50. The molecule has 0 spiro atoms. The number of hydrogen-bond acceptors (Lipinski definition) is 6. The first-order chi connectivity index (χ1) is 13.7. The maximum absolute atomic E-state index is 12.5. The number of piperazine rings is 1. The number of nitrogens with zero attached hydrogens (tertiary/aromatic N) is 3. The third-order valence-corrected chi connectivity index (χ3v) is 4.82. The molecule has 1 aliphatic heterocycles. The SMILES string of the molecule is COC(=O)[C@H](Cc1ccccc1)NC(=O)C[NH+]1CCN(c2ncccn2)CC1. The molecule has 1 amide bonds. The summed E-state index contributed by atoms with van der Waals surface area (Å²) in [5.74, 6) is 0.142. The molecule has 0 aliphatic carbocycles. The first kappa shape index (κ1) is 19.8. The molecule has 1 aromatic carbocycles. The summed E-state index contributed by atoms with van der Waals surface area (Å²) < 4.78 is 4.86. The van der Waals surface area contributed by atoms with Gasteiger partial charge < -0.3 is 19.9 Å². The van der Waals surface area contributed by atoms with E-state index in [9.17, 15) is 9.59 Å². The normalized spacial score (nSPS) is 15.7. The van der Waals surface area contributed by atoms with Gasteiger partial charge in [-0.25, -0.2) is 14.8 Å². The number of hydrogen-bond donors (Lipinski definition) is 2. The van der Waals surface area contributed by atoms with Crippen molar-refractivity contribution >= 4 is 17.8 Å². The molecule has 1 atom stereocenters. The molecule has 1 aliphatic rings. The minimum Gasteiger partial charge on any atom is -0.467 e. The van der Waals surface area contributed by atoms with E-state index in [0.717, 1.165) is 37.7 Å². The molecule has 8 heteroatoms. The Labute approximate surface area is 164 Å². The van der Waals surface area contributed by atoms with Gasteiger partial charge in [0, 0.05) is 18.8 Å². The van der Waals surface area contributed by atoms with Crippen LogP contribution in [0.5, 0.6) is 0 Å². The number of aromatic nitrogens is 2. The van der Waals surface area contributed by atoms with Crippen molar-refractivity contribution in [3.63, 3.8) is 0 Å². The highest BCUT2D eigenvalue weighted by molar-refractivity contribution is 5.85. The number of nitrogens with one attached hydrogen (secondary N) is 2. The average molecular weight is 384 g/mol. The number of ether oxygens (including phenoxy) is 1. The zero-order valence-corrected chi connectivity index (χ0v) is 16.0. The molecule has 148 valence electrons. The summed E-state index contributed by atoms with van der Waals surface area (Å²) in [5, 5.41) is 2.83. The topological polar surface area (TPSA) is 88.9 Å². The molecule has 1 saturated heterocycles. The van der Waals surface area contributed by atoms with Gasteiger partial charge in [0.05, 0.1) is 33.3 Å². The van der Waals surface area contributed by atoms with E-state index in [1.54, 1.807) is 18.5 Å². The number of methoxy groups -OCH3 is 1. The van der Waals surface area contributed by atoms with Crippen molar-refractivity contribution < 1.29 is 19.2 Å². The zero-order valence-electron chi connectivity index (χ0n) is 16.0. The number of carbonyl (C=O) groups excluding carboxylic acids is 2. The van der Waals surface area contributed by atoms with Gasteiger partial charge in [0.15, 0.2) is 6.54 Å². The van der Waals surface area contributed by atoms with Gasteiger partial charge in [0.1, 0.15) is 6.04 Å². The summed E-state index contributed by atoms with van der Waals surface area (Å²) in [7, 11) is 1.34. The fraction of sp³-hybridized carbons (Fsp3) is 0.400.